The van der Waals surface area contributed by atoms with Crippen molar-refractivity contribution in [2.75, 3.05) is 13.2 Å². The van der Waals surface area contributed by atoms with Gasteiger partial charge in [-0.1, -0.05) is 32.2 Å². The highest BCUT2D eigenvalue weighted by Crippen LogP contribution is 2.02. The van der Waals surface area contributed by atoms with Gasteiger partial charge in [-0.05, 0) is 19.8 Å². The van der Waals surface area contributed by atoms with Crippen LogP contribution in [0.1, 0.15) is 46.5 Å². The molecule has 1 radical (unpaired) electrons. The highest BCUT2D eigenvalue weighted by Gasteiger charge is 2.07. The van der Waals surface area contributed by atoms with Crippen LogP contribution in [0, 0.1) is 0 Å². The molecule has 13 heavy (non-hydrogen) atoms. The largest absolute Gasteiger partial charge is 0.351 e. The van der Waals surface area contributed by atoms with Crippen LogP contribution >= 0.6 is 0 Å². The fourth-order valence-corrected chi connectivity index (χ4v) is 0.947. The average Bonchev–Trinajstić information content (AvgIpc) is 2.13. The summed E-state index contributed by atoms with van der Waals surface area (Å²) in [5, 5.41) is 0. The van der Waals surface area contributed by atoms with Crippen molar-refractivity contribution < 1.29 is 9.57 Å². The van der Waals surface area contributed by atoms with Gasteiger partial charge in [-0.15, -0.1) is 0 Å². The van der Waals surface area contributed by atoms with E-state index in [0.717, 1.165) is 32.2 Å². The molecule has 0 aliphatic heterocycles. The Balaban J connectivity index is 3.33. The number of hydrogen-bond acceptors (Lipinski definition) is 2. The van der Waals surface area contributed by atoms with Crippen molar-refractivity contribution >= 4 is 0 Å². The van der Waals surface area contributed by atoms with Gasteiger partial charge in [-0.2, -0.15) is 0 Å². The van der Waals surface area contributed by atoms with E-state index in [0.29, 0.717) is 6.61 Å². The molecule has 0 amide bonds. The Labute approximate surface area is 81.8 Å². The number of rotatable bonds is 9. The Kier molecular flexibility index (Phi) is 9.87. The first-order valence-corrected chi connectivity index (χ1v) is 5.29. The van der Waals surface area contributed by atoms with Gasteiger partial charge in [0.1, 0.15) is 0 Å². The summed E-state index contributed by atoms with van der Waals surface area (Å²) < 4.78 is 5.35. The van der Waals surface area contributed by atoms with Crippen molar-refractivity contribution in [3.8, 4) is 0 Å². The Bertz CT molecular complexity index is 92.9. The zero-order valence-electron chi connectivity index (χ0n) is 9.08. The molecule has 3 nitrogen and oxygen atoms in total. The minimum absolute atomic E-state index is 0.133. The lowest BCUT2D eigenvalue weighted by molar-refractivity contribution is -0.184. The molecule has 0 saturated heterocycles. The highest BCUT2D eigenvalue weighted by atomic mass is 16.8. The molecule has 0 fully saturated rings. The lowest BCUT2D eigenvalue weighted by Gasteiger charge is -2.15. The second-order valence-electron chi connectivity index (χ2n) is 2.99. The van der Waals surface area contributed by atoms with Crippen molar-refractivity contribution in [3.05, 3.63) is 0 Å². The monoisotopic (exact) mass is 188 g/mol. The zero-order valence-corrected chi connectivity index (χ0v) is 9.08. The fraction of sp³-hybridized carbons (Fsp3) is 1.00. The van der Waals surface area contributed by atoms with Crippen LogP contribution in [0.4, 0.5) is 0 Å². The van der Waals surface area contributed by atoms with E-state index in [9.17, 15) is 0 Å². The van der Waals surface area contributed by atoms with Gasteiger partial charge in [-0.25, -0.2) is 0 Å². The molecule has 0 aromatic heterocycles. The van der Waals surface area contributed by atoms with Gasteiger partial charge in [-0.3, -0.25) is 4.84 Å². The quantitative estimate of drug-likeness (QED) is 0.316. The normalized spacial score (nSPS) is 13.2. The van der Waals surface area contributed by atoms with Crippen LogP contribution in [0.2, 0.25) is 0 Å². The predicted octanol–water partition coefficient (Wildman–Crippen LogP) is 2.49. The lowest BCUT2D eigenvalue weighted by Crippen LogP contribution is -2.22. The van der Waals surface area contributed by atoms with Gasteiger partial charge >= 0.3 is 0 Å². The maximum atomic E-state index is 5.35. The first kappa shape index (κ1) is 12.9. The molecule has 0 aliphatic rings. The van der Waals surface area contributed by atoms with E-state index in [2.05, 4.69) is 19.3 Å². The van der Waals surface area contributed by atoms with E-state index in [-0.39, 0.29) is 6.29 Å². The van der Waals surface area contributed by atoms with E-state index in [1.54, 1.807) is 0 Å². The van der Waals surface area contributed by atoms with E-state index in [4.69, 9.17) is 9.57 Å². The summed E-state index contributed by atoms with van der Waals surface area (Å²) in [5.74, 6) is 0. The standard InChI is InChI=1S/C10H22NO2/c1-4-7-9-11-13-10(8-5-2)12-6-3/h10H,4-9H2,1-3H3. The van der Waals surface area contributed by atoms with Crippen molar-refractivity contribution in [2.45, 2.75) is 52.7 Å². The number of hydrogen-bond donors (Lipinski definition) is 0. The molecule has 0 spiro atoms. The Morgan fingerprint density at radius 2 is 1.92 bits per heavy atom. The first-order chi connectivity index (χ1) is 6.35. The van der Waals surface area contributed by atoms with Gasteiger partial charge in [0.25, 0.3) is 0 Å². The third-order valence-corrected chi connectivity index (χ3v) is 1.67. The molecule has 1 unspecified atom stereocenters. The predicted molar refractivity (Wildman–Crippen MR) is 53.3 cm³/mol. The van der Waals surface area contributed by atoms with Crippen molar-refractivity contribution in [1.82, 2.24) is 5.48 Å². The maximum absolute atomic E-state index is 5.35. The van der Waals surface area contributed by atoms with Gasteiger partial charge in [0.15, 0.2) is 6.29 Å². The molecule has 3 heteroatoms. The number of ether oxygens (including phenoxy) is 1. The molecular formula is C10H22NO2. The van der Waals surface area contributed by atoms with E-state index < -0.39 is 0 Å². The van der Waals surface area contributed by atoms with Crippen LogP contribution in [0.3, 0.4) is 0 Å². The molecule has 0 aromatic rings. The number of hydroxylamine groups is 1. The Hall–Kier alpha value is -0.120. The Morgan fingerprint density at radius 1 is 1.15 bits per heavy atom. The molecule has 0 N–H and O–H groups in total. The summed E-state index contributed by atoms with van der Waals surface area (Å²) in [5.41, 5.74) is 3.97. The minimum atomic E-state index is -0.133. The Morgan fingerprint density at radius 3 is 2.46 bits per heavy atom. The van der Waals surface area contributed by atoms with Crippen LogP contribution in [0.15, 0.2) is 0 Å². The van der Waals surface area contributed by atoms with Crippen molar-refractivity contribution in [3.63, 3.8) is 0 Å². The molecule has 0 rings (SSSR count). The number of nitrogens with zero attached hydrogens (tertiary/aromatic N) is 1. The zero-order chi connectivity index (χ0) is 9.94. The fourth-order valence-electron chi connectivity index (χ4n) is 0.947. The first-order valence-electron chi connectivity index (χ1n) is 5.29. The van der Waals surface area contributed by atoms with Crippen molar-refractivity contribution in [1.29, 1.82) is 0 Å². The SMILES string of the molecule is CCCC[N]OC(CCC)OCC. The maximum Gasteiger partial charge on any atom is 0.179 e. The van der Waals surface area contributed by atoms with Gasteiger partial charge < -0.3 is 4.74 Å². The molecule has 0 aromatic carbocycles. The summed E-state index contributed by atoms with van der Waals surface area (Å²) >= 11 is 0. The van der Waals surface area contributed by atoms with Crippen LogP contribution < -0.4 is 5.48 Å². The van der Waals surface area contributed by atoms with E-state index in [1.165, 1.54) is 0 Å². The van der Waals surface area contributed by atoms with Crippen LogP contribution in [0.5, 0.6) is 0 Å². The summed E-state index contributed by atoms with van der Waals surface area (Å²) in [7, 11) is 0. The molecule has 1 atom stereocenters. The molecule has 0 heterocycles. The average molecular weight is 188 g/mol. The second kappa shape index (κ2) is 9.96. The van der Waals surface area contributed by atoms with Crippen LogP contribution in [0.25, 0.3) is 0 Å². The molecule has 0 bridgehead atoms. The molecule has 0 saturated carbocycles. The minimum Gasteiger partial charge on any atom is -0.351 e. The van der Waals surface area contributed by atoms with Gasteiger partial charge in [0.05, 0.1) is 0 Å². The van der Waals surface area contributed by atoms with E-state index in [1.807, 2.05) is 6.92 Å². The lowest BCUT2D eigenvalue weighted by atomic mass is 10.3. The third kappa shape index (κ3) is 8.22. The number of unbranched alkanes of at least 4 members (excludes halogenated alkanes) is 1. The highest BCUT2D eigenvalue weighted by molar-refractivity contribution is 4.42. The summed E-state index contributed by atoms with van der Waals surface area (Å²) in [6.07, 6.45) is 4.09. The summed E-state index contributed by atoms with van der Waals surface area (Å²) in [6.45, 7) is 7.69. The van der Waals surface area contributed by atoms with Crippen molar-refractivity contribution in [2.24, 2.45) is 0 Å². The third-order valence-electron chi connectivity index (χ3n) is 1.67. The second-order valence-corrected chi connectivity index (χ2v) is 2.99. The summed E-state index contributed by atoms with van der Waals surface area (Å²) in [4.78, 5) is 5.23. The molecule has 79 valence electrons. The topological polar surface area (TPSA) is 32.6 Å². The van der Waals surface area contributed by atoms with Gasteiger partial charge in [0, 0.05) is 13.2 Å². The van der Waals surface area contributed by atoms with E-state index >= 15 is 0 Å². The smallest absolute Gasteiger partial charge is 0.179 e. The molecule has 0 aliphatic carbocycles. The van der Waals surface area contributed by atoms with Crippen LogP contribution in [-0.4, -0.2) is 19.4 Å². The van der Waals surface area contributed by atoms with Gasteiger partial charge in [0.2, 0.25) is 0 Å². The summed E-state index contributed by atoms with van der Waals surface area (Å²) in [6, 6.07) is 0. The van der Waals surface area contributed by atoms with Crippen LogP contribution in [-0.2, 0) is 9.57 Å². The molecular weight excluding hydrogens is 166 g/mol.